The number of nitrogens with zero attached hydrogens (tertiary/aromatic N) is 2. The minimum Gasteiger partial charge on any atom is -0.372 e. The number of anilines is 2. The molecule has 0 spiro atoms. The lowest BCUT2D eigenvalue weighted by molar-refractivity contribution is -0.384. The molecule has 0 radical (unpaired) electrons. The topological polar surface area (TPSA) is 70.4 Å². The van der Waals surface area contributed by atoms with Crippen LogP contribution >= 0.6 is 12.4 Å². The Bertz CT molecular complexity index is 749. The van der Waals surface area contributed by atoms with Crippen LogP contribution in [0.2, 0.25) is 0 Å². The molecule has 0 saturated carbocycles. The lowest BCUT2D eigenvalue weighted by atomic mass is 9.95. The Labute approximate surface area is 166 Å². The predicted octanol–water partition coefficient (Wildman–Crippen LogP) is 4.24. The number of nitrogens with one attached hydrogen (secondary N) is 2. The van der Waals surface area contributed by atoms with E-state index in [4.69, 9.17) is 0 Å². The van der Waals surface area contributed by atoms with E-state index in [2.05, 4.69) is 41.5 Å². The number of hydrogen-bond donors (Lipinski definition) is 2. The van der Waals surface area contributed by atoms with Crippen LogP contribution in [0.3, 0.4) is 0 Å². The van der Waals surface area contributed by atoms with Crippen LogP contribution in [0.25, 0.3) is 0 Å². The fourth-order valence-corrected chi connectivity index (χ4v) is 3.38. The van der Waals surface area contributed by atoms with Crippen LogP contribution in [0.15, 0.2) is 48.5 Å². The van der Waals surface area contributed by atoms with Gasteiger partial charge in [-0.05, 0) is 23.6 Å². The molecule has 146 valence electrons. The van der Waals surface area contributed by atoms with Gasteiger partial charge in [-0.1, -0.05) is 44.2 Å². The summed E-state index contributed by atoms with van der Waals surface area (Å²) in [4.78, 5) is 13.5. The van der Waals surface area contributed by atoms with E-state index in [0.717, 1.165) is 37.4 Å². The van der Waals surface area contributed by atoms with Crippen LogP contribution < -0.4 is 15.5 Å². The van der Waals surface area contributed by atoms with Gasteiger partial charge in [0.15, 0.2) is 0 Å². The van der Waals surface area contributed by atoms with Crippen LogP contribution in [0.1, 0.15) is 25.5 Å². The Balaban J connectivity index is 0.00000261. The molecule has 2 N–H and O–H groups in total. The van der Waals surface area contributed by atoms with Crippen LogP contribution in [-0.2, 0) is 0 Å². The van der Waals surface area contributed by atoms with Gasteiger partial charge in [-0.25, -0.2) is 0 Å². The number of nitro groups is 1. The van der Waals surface area contributed by atoms with Crippen molar-refractivity contribution in [2.24, 2.45) is 5.92 Å². The SMILES string of the molecule is CC(C)C(Nc1cc(N2CCNCC2)ccc1[N+](=O)[O-])c1ccccc1.Cl. The summed E-state index contributed by atoms with van der Waals surface area (Å²) in [6, 6.07) is 15.5. The number of piperazine rings is 1. The van der Waals surface area contributed by atoms with Crippen LogP contribution in [0, 0.1) is 16.0 Å². The third-order valence-electron chi connectivity index (χ3n) is 4.80. The van der Waals surface area contributed by atoms with Gasteiger partial charge in [0.25, 0.3) is 5.69 Å². The van der Waals surface area contributed by atoms with Crippen molar-refractivity contribution in [2.45, 2.75) is 19.9 Å². The van der Waals surface area contributed by atoms with E-state index in [1.165, 1.54) is 0 Å². The van der Waals surface area contributed by atoms with Crippen molar-refractivity contribution in [1.29, 1.82) is 0 Å². The fourth-order valence-electron chi connectivity index (χ4n) is 3.38. The van der Waals surface area contributed by atoms with Gasteiger partial charge in [0.05, 0.1) is 11.0 Å². The molecule has 0 aliphatic carbocycles. The molecule has 27 heavy (non-hydrogen) atoms. The third-order valence-corrected chi connectivity index (χ3v) is 4.80. The molecule has 6 nitrogen and oxygen atoms in total. The Morgan fingerprint density at radius 2 is 1.78 bits per heavy atom. The first-order valence-electron chi connectivity index (χ1n) is 9.12. The lowest BCUT2D eigenvalue weighted by Crippen LogP contribution is -2.43. The van der Waals surface area contributed by atoms with Gasteiger partial charge in [0.1, 0.15) is 5.69 Å². The van der Waals surface area contributed by atoms with E-state index in [1.807, 2.05) is 30.3 Å². The molecule has 0 aromatic heterocycles. The summed E-state index contributed by atoms with van der Waals surface area (Å²) in [5, 5.41) is 18.3. The van der Waals surface area contributed by atoms with Crippen molar-refractivity contribution < 1.29 is 4.92 Å². The average Bonchev–Trinajstić information content (AvgIpc) is 2.67. The summed E-state index contributed by atoms with van der Waals surface area (Å²) in [5.74, 6) is 0.292. The van der Waals surface area contributed by atoms with Crippen molar-refractivity contribution in [3.05, 3.63) is 64.2 Å². The van der Waals surface area contributed by atoms with Crippen LogP contribution in [0.4, 0.5) is 17.1 Å². The minimum absolute atomic E-state index is 0. The predicted molar refractivity (Wildman–Crippen MR) is 113 cm³/mol. The molecule has 1 aliphatic heterocycles. The average molecular weight is 391 g/mol. The van der Waals surface area contributed by atoms with Crippen molar-refractivity contribution >= 4 is 29.5 Å². The van der Waals surface area contributed by atoms with Crippen molar-refractivity contribution in [3.8, 4) is 0 Å². The van der Waals surface area contributed by atoms with Crippen LogP contribution in [0.5, 0.6) is 0 Å². The van der Waals surface area contributed by atoms with Crippen molar-refractivity contribution in [1.82, 2.24) is 5.32 Å². The van der Waals surface area contributed by atoms with Gasteiger partial charge in [0, 0.05) is 37.9 Å². The molecule has 1 aliphatic rings. The second-order valence-corrected chi connectivity index (χ2v) is 6.97. The van der Waals surface area contributed by atoms with Gasteiger partial charge >= 0.3 is 0 Å². The summed E-state index contributed by atoms with van der Waals surface area (Å²) in [7, 11) is 0. The monoisotopic (exact) mass is 390 g/mol. The van der Waals surface area contributed by atoms with E-state index < -0.39 is 0 Å². The molecular formula is C20H27ClN4O2. The zero-order valence-electron chi connectivity index (χ0n) is 15.7. The highest BCUT2D eigenvalue weighted by Crippen LogP contribution is 2.34. The molecule has 0 amide bonds. The van der Waals surface area contributed by atoms with Gasteiger partial charge in [-0.2, -0.15) is 0 Å². The fraction of sp³-hybridized carbons (Fsp3) is 0.400. The summed E-state index contributed by atoms with van der Waals surface area (Å²) in [6.07, 6.45) is 0. The summed E-state index contributed by atoms with van der Waals surface area (Å²) >= 11 is 0. The summed E-state index contributed by atoms with van der Waals surface area (Å²) < 4.78 is 0. The molecule has 2 aromatic rings. The molecule has 2 aromatic carbocycles. The second-order valence-electron chi connectivity index (χ2n) is 6.97. The van der Waals surface area contributed by atoms with Gasteiger partial charge in [-0.15, -0.1) is 12.4 Å². The molecular weight excluding hydrogens is 364 g/mol. The summed E-state index contributed by atoms with van der Waals surface area (Å²) in [6.45, 7) is 7.91. The maximum atomic E-state index is 11.5. The van der Waals surface area contributed by atoms with E-state index in [1.54, 1.807) is 6.07 Å². The molecule has 1 unspecified atom stereocenters. The van der Waals surface area contributed by atoms with Gasteiger partial charge in [-0.3, -0.25) is 10.1 Å². The largest absolute Gasteiger partial charge is 0.372 e. The van der Waals surface area contributed by atoms with Gasteiger partial charge < -0.3 is 15.5 Å². The minimum atomic E-state index is -0.313. The smallest absolute Gasteiger partial charge is 0.292 e. The molecule has 1 fully saturated rings. The lowest BCUT2D eigenvalue weighted by Gasteiger charge is -2.30. The quantitative estimate of drug-likeness (QED) is 0.570. The van der Waals surface area contributed by atoms with Crippen LogP contribution in [-0.4, -0.2) is 31.1 Å². The zero-order chi connectivity index (χ0) is 18.5. The Morgan fingerprint density at radius 3 is 2.37 bits per heavy atom. The third kappa shape index (κ3) is 5.11. The van der Waals surface area contributed by atoms with E-state index in [9.17, 15) is 10.1 Å². The highest BCUT2D eigenvalue weighted by atomic mass is 35.5. The molecule has 1 saturated heterocycles. The molecule has 7 heteroatoms. The molecule has 1 atom stereocenters. The second kappa shape index (κ2) is 9.58. The molecule has 1 heterocycles. The Morgan fingerprint density at radius 1 is 1.11 bits per heavy atom. The molecule has 0 bridgehead atoms. The normalized spacial score (nSPS) is 15.1. The number of halogens is 1. The van der Waals surface area contributed by atoms with E-state index in [0.29, 0.717) is 11.6 Å². The first-order valence-corrected chi connectivity index (χ1v) is 9.12. The maximum absolute atomic E-state index is 11.5. The Hall–Kier alpha value is -2.31. The zero-order valence-corrected chi connectivity index (χ0v) is 16.5. The first-order chi connectivity index (χ1) is 12.6. The number of hydrogen-bond acceptors (Lipinski definition) is 5. The number of nitro benzene ring substituents is 1. The first kappa shape index (κ1) is 21.0. The van der Waals surface area contributed by atoms with Crippen molar-refractivity contribution in [2.75, 3.05) is 36.4 Å². The standard InChI is InChI=1S/C20H26N4O2.ClH/c1-15(2)20(16-6-4-3-5-7-16)22-18-14-17(8-9-19(18)24(25)26)23-12-10-21-11-13-23;/h3-9,14-15,20-22H,10-13H2,1-2H3;1H. The van der Waals surface area contributed by atoms with E-state index >= 15 is 0 Å². The van der Waals surface area contributed by atoms with Crippen molar-refractivity contribution in [3.63, 3.8) is 0 Å². The highest BCUT2D eigenvalue weighted by Gasteiger charge is 2.22. The molecule has 3 rings (SSSR count). The van der Waals surface area contributed by atoms with Gasteiger partial charge in [0.2, 0.25) is 0 Å². The number of rotatable bonds is 6. The van der Waals surface area contributed by atoms with E-state index in [-0.39, 0.29) is 29.1 Å². The Kier molecular flexibility index (Phi) is 7.45. The summed E-state index contributed by atoms with van der Waals surface area (Å²) in [5.41, 5.74) is 2.85. The number of benzene rings is 2. The maximum Gasteiger partial charge on any atom is 0.292 e. The highest BCUT2D eigenvalue weighted by molar-refractivity contribution is 5.85.